The summed E-state index contributed by atoms with van der Waals surface area (Å²) >= 11 is 0. The Labute approximate surface area is 111 Å². The van der Waals surface area contributed by atoms with E-state index in [1.54, 1.807) is 6.21 Å². The van der Waals surface area contributed by atoms with Crippen molar-refractivity contribution in [2.24, 2.45) is 5.10 Å². The first-order valence-corrected chi connectivity index (χ1v) is 6.12. The van der Waals surface area contributed by atoms with E-state index in [1.807, 2.05) is 32.0 Å². The molecule has 6 heteroatoms. The summed E-state index contributed by atoms with van der Waals surface area (Å²) < 4.78 is 12.6. The monoisotopic (exact) mass is 260 g/mol. The molecule has 0 aliphatic rings. The van der Waals surface area contributed by atoms with Gasteiger partial charge in [0, 0.05) is 0 Å². The maximum absolute atomic E-state index is 5.55. The number of ether oxygens (including phenoxy) is 2. The van der Waals surface area contributed by atoms with Gasteiger partial charge in [-0.15, -0.1) is 10.2 Å². The van der Waals surface area contributed by atoms with Gasteiger partial charge in [-0.25, -0.2) is 4.68 Å². The zero-order chi connectivity index (χ0) is 13.5. The van der Waals surface area contributed by atoms with Crippen LogP contribution in [0.2, 0.25) is 0 Å². The summed E-state index contributed by atoms with van der Waals surface area (Å²) in [7, 11) is 0. The molecular formula is C13H16N4O2. The van der Waals surface area contributed by atoms with Crippen LogP contribution in [0.25, 0.3) is 0 Å². The summed E-state index contributed by atoms with van der Waals surface area (Å²) in [6, 6.07) is 5.69. The maximum Gasteiger partial charge on any atom is 0.161 e. The van der Waals surface area contributed by atoms with Gasteiger partial charge in [0.05, 0.1) is 19.4 Å². The van der Waals surface area contributed by atoms with Crippen molar-refractivity contribution in [2.45, 2.75) is 13.8 Å². The van der Waals surface area contributed by atoms with Crippen molar-refractivity contribution in [2.75, 3.05) is 13.2 Å². The minimum Gasteiger partial charge on any atom is -0.490 e. The van der Waals surface area contributed by atoms with Crippen molar-refractivity contribution in [3.05, 3.63) is 36.4 Å². The standard InChI is InChI=1S/C13H16N4O2/c1-3-18-12-6-5-11(7-13(12)19-4-2)8-16-17-9-14-15-10-17/h5-10H,3-4H2,1-2H3. The molecule has 0 N–H and O–H groups in total. The van der Waals surface area contributed by atoms with Crippen molar-refractivity contribution in [1.29, 1.82) is 0 Å². The summed E-state index contributed by atoms with van der Waals surface area (Å²) in [5.74, 6) is 1.46. The number of aromatic nitrogens is 3. The Morgan fingerprint density at radius 1 is 1.11 bits per heavy atom. The first kappa shape index (κ1) is 13.1. The lowest BCUT2D eigenvalue weighted by molar-refractivity contribution is 0.288. The molecule has 19 heavy (non-hydrogen) atoms. The minimum atomic E-state index is 0.589. The first-order valence-electron chi connectivity index (χ1n) is 6.12. The van der Waals surface area contributed by atoms with E-state index in [0.29, 0.717) is 13.2 Å². The van der Waals surface area contributed by atoms with Crippen LogP contribution in [-0.4, -0.2) is 34.3 Å². The lowest BCUT2D eigenvalue weighted by Crippen LogP contribution is -1.99. The molecule has 0 amide bonds. The smallest absolute Gasteiger partial charge is 0.161 e. The molecule has 0 atom stereocenters. The van der Waals surface area contributed by atoms with Gasteiger partial charge >= 0.3 is 0 Å². The van der Waals surface area contributed by atoms with Crippen LogP contribution >= 0.6 is 0 Å². The molecule has 6 nitrogen and oxygen atoms in total. The third-order valence-electron chi connectivity index (χ3n) is 2.31. The molecule has 0 bridgehead atoms. The Morgan fingerprint density at radius 3 is 2.47 bits per heavy atom. The average molecular weight is 260 g/mol. The Hall–Kier alpha value is -2.37. The molecule has 0 aliphatic heterocycles. The van der Waals surface area contributed by atoms with E-state index in [4.69, 9.17) is 9.47 Å². The molecule has 2 aromatic rings. The first-order chi connectivity index (χ1) is 9.33. The molecule has 0 saturated carbocycles. The predicted molar refractivity (Wildman–Crippen MR) is 71.8 cm³/mol. The molecule has 0 radical (unpaired) electrons. The second-order valence-electron chi connectivity index (χ2n) is 3.66. The van der Waals surface area contributed by atoms with Gasteiger partial charge in [-0.2, -0.15) is 5.10 Å². The van der Waals surface area contributed by atoms with Gasteiger partial charge in [-0.05, 0) is 37.6 Å². The Morgan fingerprint density at radius 2 is 1.79 bits per heavy atom. The zero-order valence-corrected chi connectivity index (χ0v) is 11.0. The number of hydrogen-bond donors (Lipinski definition) is 0. The average Bonchev–Trinajstić information content (AvgIpc) is 2.93. The minimum absolute atomic E-state index is 0.589. The van der Waals surface area contributed by atoms with Gasteiger partial charge in [-0.3, -0.25) is 0 Å². The van der Waals surface area contributed by atoms with Crippen LogP contribution in [0.15, 0.2) is 36.0 Å². The number of benzene rings is 1. The fourth-order valence-corrected chi connectivity index (χ4v) is 1.54. The third kappa shape index (κ3) is 3.54. The fourth-order valence-electron chi connectivity index (χ4n) is 1.54. The van der Waals surface area contributed by atoms with E-state index in [-0.39, 0.29) is 0 Å². The molecule has 100 valence electrons. The number of rotatable bonds is 6. The van der Waals surface area contributed by atoms with E-state index >= 15 is 0 Å². The zero-order valence-electron chi connectivity index (χ0n) is 11.0. The molecule has 1 aromatic carbocycles. The van der Waals surface area contributed by atoms with Crippen LogP contribution in [0.1, 0.15) is 19.4 Å². The van der Waals surface area contributed by atoms with Crippen molar-refractivity contribution in [3.8, 4) is 11.5 Å². The molecule has 1 heterocycles. The number of nitrogens with zero attached hydrogens (tertiary/aromatic N) is 4. The summed E-state index contributed by atoms with van der Waals surface area (Å²) in [4.78, 5) is 0. The van der Waals surface area contributed by atoms with Gasteiger partial charge in [0.2, 0.25) is 0 Å². The topological polar surface area (TPSA) is 61.5 Å². The van der Waals surface area contributed by atoms with Crippen molar-refractivity contribution >= 4 is 6.21 Å². The molecule has 1 aromatic heterocycles. The highest BCUT2D eigenvalue weighted by Crippen LogP contribution is 2.27. The van der Waals surface area contributed by atoms with Crippen LogP contribution < -0.4 is 9.47 Å². The lowest BCUT2D eigenvalue weighted by Gasteiger charge is -2.10. The highest BCUT2D eigenvalue weighted by atomic mass is 16.5. The van der Waals surface area contributed by atoms with Crippen molar-refractivity contribution in [3.63, 3.8) is 0 Å². The van der Waals surface area contributed by atoms with E-state index < -0.39 is 0 Å². The van der Waals surface area contributed by atoms with Crippen molar-refractivity contribution < 1.29 is 9.47 Å². The van der Waals surface area contributed by atoms with E-state index in [0.717, 1.165) is 17.1 Å². The Balaban J connectivity index is 2.19. The second kappa shape index (κ2) is 6.53. The third-order valence-corrected chi connectivity index (χ3v) is 2.31. The molecule has 0 spiro atoms. The quantitative estimate of drug-likeness (QED) is 0.745. The number of hydrogen-bond acceptors (Lipinski definition) is 5. The molecule has 0 unspecified atom stereocenters. The lowest BCUT2D eigenvalue weighted by atomic mass is 10.2. The van der Waals surface area contributed by atoms with Gasteiger partial charge in [-0.1, -0.05) is 0 Å². The summed E-state index contributed by atoms with van der Waals surface area (Å²) in [6.45, 7) is 5.07. The van der Waals surface area contributed by atoms with E-state index in [1.165, 1.54) is 17.3 Å². The largest absolute Gasteiger partial charge is 0.490 e. The Bertz CT molecular complexity index is 538. The fraction of sp³-hybridized carbons (Fsp3) is 0.308. The van der Waals surface area contributed by atoms with Gasteiger partial charge < -0.3 is 9.47 Å². The molecule has 0 aliphatic carbocycles. The predicted octanol–water partition coefficient (Wildman–Crippen LogP) is 1.96. The summed E-state index contributed by atoms with van der Waals surface area (Å²) in [5.41, 5.74) is 0.917. The summed E-state index contributed by atoms with van der Waals surface area (Å²) in [5, 5.41) is 11.5. The molecule has 0 fully saturated rings. The van der Waals surface area contributed by atoms with Crippen molar-refractivity contribution in [1.82, 2.24) is 14.9 Å². The van der Waals surface area contributed by atoms with Crippen LogP contribution in [0.5, 0.6) is 11.5 Å². The van der Waals surface area contributed by atoms with Gasteiger partial charge in [0.25, 0.3) is 0 Å². The van der Waals surface area contributed by atoms with Crippen LogP contribution in [0.3, 0.4) is 0 Å². The van der Waals surface area contributed by atoms with E-state index in [2.05, 4.69) is 15.3 Å². The molecule has 2 rings (SSSR count). The Kier molecular flexibility index (Phi) is 4.49. The van der Waals surface area contributed by atoms with E-state index in [9.17, 15) is 0 Å². The SMILES string of the molecule is CCOc1ccc(C=Nn2cnnc2)cc1OCC. The normalized spacial score (nSPS) is 10.8. The van der Waals surface area contributed by atoms with Crippen LogP contribution in [0, 0.1) is 0 Å². The van der Waals surface area contributed by atoms with Crippen LogP contribution in [0.4, 0.5) is 0 Å². The maximum atomic E-state index is 5.55. The summed E-state index contributed by atoms with van der Waals surface area (Å²) in [6.07, 6.45) is 4.75. The highest BCUT2D eigenvalue weighted by Gasteiger charge is 2.04. The highest BCUT2D eigenvalue weighted by molar-refractivity contribution is 5.80. The van der Waals surface area contributed by atoms with Crippen LogP contribution in [-0.2, 0) is 0 Å². The van der Waals surface area contributed by atoms with Gasteiger partial charge in [0.15, 0.2) is 11.5 Å². The van der Waals surface area contributed by atoms with Gasteiger partial charge in [0.1, 0.15) is 12.7 Å². The second-order valence-corrected chi connectivity index (χ2v) is 3.66. The molecule has 0 saturated heterocycles. The molecular weight excluding hydrogens is 244 g/mol.